The highest BCUT2D eigenvalue weighted by atomic mass is 32.2. The first-order valence-electron chi connectivity index (χ1n) is 10.5. The van der Waals surface area contributed by atoms with Crippen molar-refractivity contribution in [1.29, 1.82) is 0 Å². The predicted molar refractivity (Wildman–Crippen MR) is 114 cm³/mol. The van der Waals surface area contributed by atoms with Gasteiger partial charge in [0.05, 0.1) is 5.75 Å². The topological polar surface area (TPSA) is 45.6 Å². The van der Waals surface area contributed by atoms with E-state index in [0.717, 1.165) is 67.7 Å². The van der Waals surface area contributed by atoms with Gasteiger partial charge in [-0.25, -0.2) is 0 Å². The summed E-state index contributed by atoms with van der Waals surface area (Å²) in [5.74, 6) is 0.890. The van der Waals surface area contributed by atoms with E-state index in [1.54, 1.807) is 11.8 Å². The Labute approximate surface area is 171 Å². The van der Waals surface area contributed by atoms with E-state index in [0.29, 0.717) is 12.3 Å². The second kappa shape index (κ2) is 9.03. The number of amides is 2. The van der Waals surface area contributed by atoms with Crippen LogP contribution in [0.2, 0.25) is 0 Å². The maximum Gasteiger partial charge on any atom is 0.242 e. The fourth-order valence-electron chi connectivity index (χ4n) is 4.22. The van der Waals surface area contributed by atoms with Crippen molar-refractivity contribution in [3.63, 3.8) is 0 Å². The molecule has 0 aliphatic carbocycles. The summed E-state index contributed by atoms with van der Waals surface area (Å²) in [6.45, 7) is 3.92. The van der Waals surface area contributed by atoms with Crippen LogP contribution in [0.5, 0.6) is 0 Å². The van der Waals surface area contributed by atoms with E-state index >= 15 is 0 Å². The molecule has 3 heterocycles. The van der Waals surface area contributed by atoms with Gasteiger partial charge in [-0.2, -0.15) is 0 Å². The van der Waals surface area contributed by atoms with Crippen molar-refractivity contribution in [1.82, 2.24) is 14.4 Å². The number of hydrogen-bond acceptors (Lipinski definition) is 3. The summed E-state index contributed by atoms with van der Waals surface area (Å²) < 4.78 is 2.06. The first kappa shape index (κ1) is 19.4. The van der Waals surface area contributed by atoms with Crippen LogP contribution in [0.3, 0.4) is 0 Å². The van der Waals surface area contributed by atoms with Crippen molar-refractivity contribution in [2.45, 2.75) is 50.0 Å². The molecular formula is C22H29N3O2S. The third kappa shape index (κ3) is 4.37. The Morgan fingerprint density at radius 3 is 2.11 bits per heavy atom. The van der Waals surface area contributed by atoms with Crippen LogP contribution in [0, 0.1) is 0 Å². The van der Waals surface area contributed by atoms with Crippen LogP contribution in [0.25, 0.3) is 10.9 Å². The number of nitrogens with zero attached hydrogens (tertiary/aromatic N) is 3. The molecule has 1 aromatic carbocycles. The van der Waals surface area contributed by atoms with Gasteiger partial charge in [-0.3, -0.25) is 9.59 Å². The second-order valence-corrected chi connectivity index (χ2v) is 8.83. The average molecular weight is 400 g/mol. The highest BCUT2D eigenvalue weighted by Gasteiger charge is 2.20. The molecule has 28 heavy (non-hydrogen) atoms. The van der Waals surface area contributed by atoms with E-state index in [1.807, 2.05) is 21.9 Å². The molecule has 2 saturated heterocycles. The van der Waals surface area contributed by atoms with Gasteiger partial charge in [0.15, 0.2) is 0 Å². The van der Waals surface area contributed by atoms with Crippen molar-refractivity contribution in [3.8, 4) is 0 Å². The maximum atomic E-state index is 12.7. The minimum absolute atomic E-state index is 0.196. The molecule has 2 aliphatic heterocycles. The molecule has 1 aromatic heterocycles. The lowest BCUT2D eigenvalue weighted by atomic mass is 10.1. The molecule has 2 fully saturated rings. The lowest BCUT2D eigenvalue weighted by Crippen LogP contribution is -2.37. The Morgan fingerprint density at radius 1 is 0.821 bits per heavy atom. The van der Waals surface area contributed by atoms with Gasteiger partial charge < -0.3 is 14.4 Å². The van der Waals surface area contributed by atoms with Crippen LogP contribution in [0.15, 0.2) is 35.4 Å². The molecule has 0 spiro atoms. The van der Waals surface area contributed by atoms with E-state index in [9.17, 15) is 9.59 Å². The molecule has 2 amide bonds. The number of carbonyl (C=O) groups is 2. The van der Waals surface area contributed by atoms with Crippen molar-refractivity contribution in [3.05, 3.63) is 30.5 Å². The van der Waals surface area contributed by atoms with E-state index in [-0.39, 0.29) is 11.8 Å². The summed E-state index contributed by atoms with van der Waals surface area (Å²) in [6, 6.07) is 8.19. The van der Waals surface area contributed by atoms with E-state index < -0.39 is 0 Å². The molecular weight excluding hydrogens is 370 g/mol. The molecule has 0 N–H and O–H groups in total. The molecule has 0 unspecified atom stereocenters. The number of piperidine rings is 2. The molecule has 2 aliphatic rings. The van der Waals surface area contributed by atoms with Crippen LogP contribution >= 0.6 is 11.8 Å². The number of aromatic nitrogens is 1. The van der Waals surface area contributed by atoms with Gasteiger partial charge >= 0.3 is 0 Å². The summed E-state index contributed by atoms with van der Waals surface area (Å²) >= 11 is 1.60. The van der Waals surface area contributed by atoms with Crippen LogP contribution in [0.1, 0.15) is 38.5 Å². The molecule has 0 bridgehead atoms. The Hall–Kier alpha value is -1.95. The van der Waals surface area contributed by atoms with Gasteiger partial charge in [0.25, 0.3) is 0 Å². The van der Waals surface area contributed by atoms with Crippen LogP contribution < -0.4 is 0 Å². The predicted octanol–water partition coefficient (Wildman–Crippen LogP) is 3.76. The lowest BCUT2D eigenvalue weighted by Gasteiger charge is -2.27. The zero-order chi connectivity index (χ0) is 19.3. The molecule has 0 radical (unpaired) electrons. The SMILES string of the molecule is O=C(CSc1cn(CC(=O)N2CCCCC2)c2ccccc12)N1CCCCC1. The lowest BCUT2D eigenvalue weighted by molar-refractivity contribution is -0.132. The number of carbonyl (C=O) groups excluding carboxylic acids is 2. The first-order chi connectivity index (χ1) is 13.7. The van der Waals surface area contributed by atoms with E-state index in [1.165, 1.54) is 12.8 Å². The quantitative estimate of drug-likeness (QED) is 0.719. The maximum absolute atomic E-state index is 12.7. The molecule has 5 nitrogen and oxygen atoms in total. The van der Waals surface area contributed by atoms with Crippen molar-refractivity contribution in [2.75, 3.05) is 31.9 Å². The standard InChI is InChI=1S/C22H29N3O2S/c26-21(23-11-5-1-6-12-23)16-25-15-20(18-9-3-4-10-19(18)25)28-17-22(27)24-13-7-2-8-14-24/h3-4,9-10,15H,1-2,5-8,11-14,16-17H2. The Bertz CT molecular complexity index is 835. The monoisotopic (exact) mass is 399 g/mol. The number of para-hydroxylation sites is 1. The summed E-state index contributed by atoms with van der Waals surface area (Å²) in [7, 11) is 0. The molecule has 150 valence electrons. The van der Waals surface area contributed by atoms with Gasteiger partial charge in [0, 0.05) is 48.2 Å². The van der Waals surface area contributed by atoms with Crippen molar-refractivity contribution < 1.29 is 9.59 Å². The molecule has 6 heteroatoms. The molecule has 0 atom stereocenters. The smallest absolute Gasteiger partial charge is 0.242 e. The summed E-state index contributed by atoms with van der Waals surface area (Å²) in [5.41, 5.74) is 1.07. The molecule has 2 aromatic rings. The van der Waals surface area contributed by atoms with E-state index in [4.69, 9.17) is 0 Å². The van der Waals surface area contributed by atoms with Gasteiger partial charge in [0.2, 0.25) is 11.8 Å². The number of likely N-dealkylation sites (tertiary alicyclic amines) is 2. The Balaban J connectivity index is 1.46. The fraction of sp³-hybridized carbons (Fsp3) is 0.545. The summed E-state index contributed by atoms with van der Waals surface area (Å²) in [5, 5.41) is 1.13. The number of thioether (sulfide) groups is 1. The van der Waals surface area contributed by atoms with E-state index in [2.05, 4.69) is 22.9 Å². The number of rotatable bonds is 5. The number of hydrogen-bond donors (Lipinski definition) is 0. The van der Waals surface area contributed by atoms with Crippen molar-refractivity contribution >= 4 is 34.5 Å². The minimum Gasteiger partial charge on any atom is -0.342 e. The molecule has 4 rings (SSSR count). The number of benzene rings is 1. The third-order valence-corrected chi connectivity index (χ3v) is 6.85. The van der Waals surface area contributed by atoms with Gasteiger partial charge in [-0.1, -0.05) is 18.2 Å². The third-order valence-electron chi connectivity index (χ3n) is 5.83. The average Bonchev–Trinajstić information content (AvgIpc) is 3.11. The van der Waals surface area contributed by atoms with Gasteiger partial charge in [-0.15, -0.1) is 11.8 Å². The molecule has 0 saturated carbocycles. The fourth-order valence-corrected chi connectivity index (χ4v) is 5.21. The van der Waals surface area contributed by atoms with Crippen LogP contribution in [-0.2, 0) is 16.1 Å². The second-order valence-electron chi connectivity index (χ2n) is 7.81. The van der Waals surface area contributed by atoms with Gasteiger partial charge in [-0.05, 0) is 44.6 Å². The highest BCUT2D eigenvalue weighted by molar-refractivity contribution is 8.00. The largest absolute Gasteiger partial charge is 0.342 e. The summed E-state index contributed by atoms with van der Waals surface area (Å²) in [6.07, 6.45) is 8.97. The highest BCUT2D eigenvalue weighted by Crippen LogP contribution is 2.30. The van der Waals surface area contributed by atoms with Crippen LogP contribution in [-0.4, -0.2) is 58.1 Å². The normalized spacial score (nSPS) is 17.9. The van der Waals surface area contributed by atoms with Gasteiger partial charge in [0.1, 0.15) is 6.54 Å². The zero-order valence-electron chi connectivity index (χ0n) is 16.4. The minimum atomic E-state index is 0.196. The zero-order valence-corrected chi connectivity index (χ0v) is 17.3. The van der Waals surface area contributed by atoms with Crippen molar-refractivity contribution in [2.24, 2.45) is 0 Å². The first-order valence-corrected chi connectivity index (χ1v) is 11.5. The summed E-state index contributed by atoms with van der Waals surface area (Å²) in [4.78, 5) is 30.3. The van der Waals surface area contributed by atoms with Crippen LogP contribution in [0.4, 0.5) is 0 Å². The Morgan fingerprint density at radius 2 is 1.43 bits per heavy atom. The number of fused-ring (bicyclic) bond motifs is 1. The Kier molecular flexibility index (Phi) is 6.25.